The lowest BCUT2D eigenvalue weighted by Gasteiger charge is -2.25. The van der Waals surface area contributed by atoms with E-state index in [2.05, 4.69) is 5.32 Å². The second-order valence-electron chi connectivity index (χ2n) is 6.41. The predicted octanol–water partition coefficient (Wildman–Crippen LogP) is 4.00. The van der Waals surface area contributed by atoms with Crippen molar-refractivity contribution in [3.05, 3.63) is 73.8 Å². The van der Waals surface area contributed by atoms with E-state index < -0.39 is 10.8 Å². The molecule has 1 N–H and O–H groups in total. The van der Waals surface area contributed by atoms with Crippen LogP contribution in [0.4, 0.5) is 5.69 Å². The van der Waals surface area contributed by atoms with Gasteiger partial charge in [0, 0.05) is 24.2 Å². The summed E-state index contributed by atoms with van der Waals surface area (Å²) in [5.41, 5.74) is 0.841. The van der Waals surface area contributed by atoms with Crippen molar-refractivity contribution in [2.45, 2.75) is 18.9 Å². The van der Waals surface area contributed by atoms with Crippen LogP contribution in [-0.2, 0) is 4.79 Å². The summed E-state index contributed by atoms with van der Waals surface area (Å²) in [6.45, 7) is 0.385. The molecule has 0 spiro atoms. The van der Waals surface area contributed by atoms with E-state index in [9.17, 15) is 19.7 Å². The van der Waals surface area contributed by atoms with Crippen molar-refractivity contribution in [2.75, 3.05) is 13.1 Å². The first-order valence-corrected chi connectivity index (χ1v) is 9.39. The molecule has 146 valence electrons. The number of carbonyl (C=O) groups excluding carboxylic acids is 2. The van der Waals surface area contributed by atoms with Crippen LogP contribution in [0.2, 0.25) is 10.0 Å². The number of hydrogen-bond donors (Lipinski definition) is 1. The third kappa shape index (κ3) is 4.43. The molecule has 0 saturated carbocycles. The predicted molar refractivity (Wildman–Crippen MR) is 106 cm³/mol. The van der Waals surface area contributed by atoms with Crippen LogP contribution in [0.5, 0.6) is 0 Å². The molecule has 0 aromatic heterocycles. The van der Waals surface area contributed by atoms with Gasteiger partial charge in [0.05, 0.1) is 27.6 Å². The van der Waals surface area contributed by atoms with Crippen LogP contribution in [0.1, 0.15) is 34.8 Å². The van der Waals surface area contributed by atoms with Crippen LogP contribution in [0, 0.1) is 10.1 Å². The number of hydrogen-bond acceptors (Lipinski definition) is 4. The summed E-state index contributed by atoms with van der Waals surface area (Å²) in [5.74, 6) is -0.769. The van der Waals surface area contributed by atoms with Crippen molar-refractivity contribution < 1.29 is 14.5 Å². The molecule has 1 unspecified atom stereocenters. The zero-order valence-corrected chi connectivity index (χ0v) is 16.2. The minimum absolute atomic E-state index is 0.128. The molecule has 1 heterocycles. The van der Waals surface area contributed by atoms with Gasteiger partial charge >= 0.3 is 0 Å². The van der Waals surface area contributed by atoms with Crippen molar-refractivity contribution in [3.63, 3.8) is 0 Å². The molecule has 0 radical (unpaired) electrons. The van der Waals surface area contributed by atoms with Crippen molar-refractivity contribution in [1.29, 1.82) is 0 Å². The molecule has 1 aliphatic rings. The van der Waals surface area contributed by atoms with Crippen molar-refractivity contribution >= 4 is 40.7 Å². The lowest BCUT2D eigenvalue weighted by atomic mass is 10.0. The van der Waals surface area contributed by atoms with E-state index in [1.54, 1.807) is 17.0 Å². The molecule has 9 heteroatoms. The fourth-order valence-corrected chi connectivity index (χ4v) is 3.56. The minimum Gasteiger partial charge on any atom is -0.343 e. The number of benzene rings is 2. The standard InChI is InChI=1S/C19H17Cl2N3O4/c20-15-7-6-12(10-16(15)21)17-5-2-8-23(17)18(25)11-22-19(26)13-3-1-4-14(9-13)24(27)28/h1,3-4,6-7,9-10,17H,2,5,8,11H2,(H,22,26). The van der Waals surface area contributed by atoms with Crippen molar-refractivity contribution in [2.24, 2.45) is 0 Å². The van der Waals surface area contributed by atoms with E-state index in [0.29, 0.717) is 16.6 Å². The number of nitro groups is 1. The van der Waals surface area contributed by atoms with Gasteiger partial charge in [-0.05, 0) is 36.6 Å². The molecule has 1 fully saturated rings. The fourth-order valence-electron chi connectivity index (χ4n) is 3.25. The highest BCUT2D eigenvalue weighted by Gasteiger charge is 2.30. The lowest BCUT2D eigenvalue weighted by molar-refractivity contribution is -0.384. The van der Waals surface area contributed by atoms with Gasteiger partial charge < -0.3 is 10.2 Å². The highest BCUT2D eigenvalue weighted by atomic mass is 35.5. The first-order chi connectivity index (χ1) is 13.4. The zero-order chi connectivity index (χ0) is 20.3. The molecule has 0 aliphatic carbocycles. The summed E-state index contributed by atoms with van der Waals surface area (Å²) < 4.78 is 0. The first kappa shape index (κ1) is 20.1. The van der Waals surface area contributed by atoms with E-state index in [0.717, 1.165) is 18.4 Å². The van der Waals surface area contributed by atoms with Crippen LogP contribution in [0.15, 0.2) is 42.5 Å². The van der Waals surface area contributed by atoms with Crippen LogP contribution < -0.4 is 5.32 Å². The minimum atomic E-state index is -0.575. The maximum atomic E-state index is 12.6. The lowest BCUT2D eigenvalue weighted by Crippen LogP contribution is -2.39. The highest BCUT2D eigenvalue weighted by molar-refractivity contribution is 6.42. The molecule has 0 bridgehead atoms. The average Bonchev–Trinajstić information content (AvgIpc) is 3.18. The van der Waals surface area contributed by atoms with Crippen molar-refractivity contribution in [3.8, 4) is 0 Å². The molecular formula is C19H17Cl2N3O4. The molecule has 28 heavy (non-hydrogen) atoms. The van der Waals surface area contributed by atoms with Gasteiger partial charge in [0.2, 0.25) is 5.91 Å². The average molecular weight is 422 g/mol. The smallest absolute Gasteiger partial charge is 0.270 e. The quantitative estimate of drug-likeness (QED) is 0.583. The van der Waals surface area contributed by atoms with Crippen LogP contribution >= 0.6 is 23.2 Å². The van der Waals surface area contributed by atoms with Crippen LogP contribution in [0.25, 0.3) is 0 Å². The number of amides is 2. The second-order valence-corrected chi connectivity index (χ2v) is 7.22. The van der Waals surface area contributed by atoms with E-state index in [4.69, 9.17) is 23.2 Å². The zero-order valence-electron chi connectivity index (χ0n) is 14.7. The summed E-state index contributed by atoms with van der Waals surface area (Å²) in [5, 5.41) is 14.2. The number of non-ortho nitro benzene ring substituents is 1. The number of halogens is 2. The number of nitrogens with one attached hydrogen (secondary N) is 1. The number of nitro benzene ring substituents is 1. The molecular weight excluding hydrogens is 405 g/mol. The molecule has 1 atom stereocenters. The Bertz CT molecular complexity index is 935. The molecule has 1 aliphatic heterocycles. The number of rotatable bonds is 5. The van der Waals surface area contributed by atoms with Crippen LogP contribution in [0.3, 0.4) is 0 Å². The van der Waals surface area contributed by atoms with Crippen LogP contribution in [-0.4, -0.2) is 34.7 Å². The van der Waals surface area contributed by atoms with Gasteiger partial charge in [-0.25, -0.2) is 0 Å². The summed E-state index contributed by atoms with van der Waals surface area (Å²) in [6, 6.07) is 10.5. The Hall–Kier alpha value is -2.64. The monoisotopic (exact) mass is 421 g/mol. The van der Waals surface area contributed by atoms with E-state index in [1.165, 1.54) is 24.3 Å². The number of carbonyl (C=O) groups is 2. The fraction of sp³-hybridized carbons (Fsp3) is 0.263. The third-order valence-electron chi connectivity index (χ3n) is 4.62. The topological polar surface area (TPSA) is 92.6 Å². The van der Waals surface area contributed by atoms with Gasteiger partial charge in [-0.2, -0.15) is 0 Å². The van der Waals surface area contributed by atoms with Gasteiger partial charge in [-0.3, -0.25) is 19.7 Å². The molecule has 2 aromatic carbocycles. The van der Waals surface area contributed by atoms with E-state index in [1.807, 2.05) is 6.07 Å². The Morgan fingerprint density at radius 2 is 1.96 bits per heavy atom. The Morgan fingerprint density at radius 1 is 1.18 bits per heavy atom. The Morgan fingerprint density at radius 3 is 2.68 bits per heavy atom. The van der Waals surface area contributed by atoms with Gasteiger partial charge in [0.1, 0.15) is 0 Å². The third-order valence-corrected chi connectivity index (χ3v) is 5.36. The number of likely N-dealkylation sites (tertiary alicyclic amines) is 1. The van der Waals surface area contributed by atoms with E-state index >= 15 is 0 Å². The Balaban J connectivity index is 1.65. The molecule has 3 rings (SSSR count). The molecule has 7 nitrogen and oxygen atoms in total. The summed E-state index contributed by atoms with van der Waals surface area (Å²) in [6.07, 6.45) is 1.64. The van der Waals surface area contributed by atoms with Gasteiger partial charge in [0.15, 0.2) is 0 Å². The maximum Gasteiger partial charge on any atom is 0.270 e. The SMILES string of the molecule is O=C(NCC(=O)N1CCCC1c1ccc(Cl)c(Cl)c1)c1cccc([N+](=O)[O-])c1. The van der Waals surface area contributed by atoms with Gasteiger partial charge in [-0.15, -0.1) is 0 Å². The largest absolute Gasteiger partial charge is 0.343 e. The second kappa shape index (κ2) is 8.58. The highest BCUT2D eigenvalue weighted by Crippen LogP contribution is 2.34. The Labute approximate surface area is 171 Å². The molecule has 2 aromatic rings. The first-order valence-electron chi connectivity index (χ1n) is 8.64. The molecule has 2 amide bonds. The van der Waals surface area contributed by atoms with E-state index in [-0.39, 0.29) is 29.7 Å². The van der Waals surface area contributed by atoms with Gasteiger partial charge in [0.25, 0.3) is 11.6 Å². The summed E-state index contributed by atoms with van der Waals surface area (Å²) in [4.78, 5) is 36.8. The molecule has 1 saturated heterocycles. The van der Waals surface area contributed by atoms with Gasteiger partial charge in [-0.1, -0.05) is 35.3 Å². The summed E-state index contributed by atoms with van der Waals surface area (Å²) >= 11 is 12.0. The Kier molecular flexibility index (Phi) is 6.16. The normalized spacial score (nSPS) is 16.1. The number of nitrogens with zero attached hydrogens (tertiary/aromatic N) is 2. The van der Waals surface area contributed by atoms with Crippen molar-refractivity contribution in [1.82, 2.24) is 10.2 Å². The maximum absolute atomic E-state index is 12.6. The summed E-state index contributed by atoms with van der Waals surface area (Å²) in [7, 11) is 0.